The van der Waals surface area contributed by atoms with E-state index in [9.17, 15) is 0 Å². The zero-order valence-corrected chi connectivity index (χ0v) is 12.7. The molecule has 0 aromatic heterocycles. The van der Waals surface area contributed by atoms with Crippen molar-refractivity contribution in [1.82, 2.24) is 0 Å². The Morgan fingerprint density at radius 1 is 1.26 bits per heavy atom. The van der Waals surface area contributed by atoms with Crippen LogP contribution in [0.1, 0.15) is 38.7 Å². The Morgan fingerprint density at radius 2 is 2.00 bits per heavy atom. The Hall–Kier alpha value is -1.09. The van der Waals surface area contributed by atoms with Gasteiger partial charge in [0, 0.05) is 24.3 Å². The maximum absolute atomic E-state index is 5.84. The summed E-state index contributed by atoms with van der Waals surface area (Å²) in [5.41, 5.74) is 8.06. The number of nitrogens with zero attached hydrogens (tertiary/aromatic N) is 1. The monoisotopic (exact) mass is 276 g/mol. The summed E-state index contributed by atoms with van der Waals surface area (Å²) in [6, 6.07) is 8.25. The first-order valence-electron chi connectivity index (χ1n) is 7.23. The first kappa shape index (κ1) is 14.3. The van der Waals surface area contributed by atoms with Gasteiger partial charge in [0.05, 0.1) is 0 Å². The van der Waals surface area contributed by atoms with E-state index in [1.54, 1.807) is 0 Å². The molecule has 0 amide bonds. The van der Waals surface area contributed by atoms with Gasteiger partial charge in [-0.3, -0.25) is 0 Å². The van der Waals surface area contributed by atoms with E-state index in [-0.39, 0.29) is 0 Å². The highest BCUT2D eigenvalue weighted by molar-refractivity contribution is 7.80. The van der Waals surface area contributed by atoms with Gasteiger partial charge in [0.15, 0.2) is 0 Å². The Kier molecular flexibility index (Phi) is 4.81. The molecule has 1 aliphatic heterocycles. The smallest absolute Gasteiger partial charge is 0.106 e. The quantitative estimate of drug-likeness (QED) is 0.856. The Bertz CT molecular complexity index is 442. The molecule has 0 spiro atoms. The first-order chi connectivity index (χ1) is 9.09. The van der Waals surface area contributed by atoms with Crippen molar-refractivity contribution in [1.29, 1.82) is 0 Å². The molecule has 0 aliphatic carbocycles. The zero-order valence-electron chi connectivity index (χ0n) is 11.9. The van der Waals surface area contributed by atoms with Crippen LogP contribution in [0.25, 0.3) is 0 Å². The first-order valence-corrected chi connectivity index (χ1v) is 7.64. The predicted molar refractivity (Wildman–Crippen MR) is 86.7 cm³/mol. The van der Waals surface area contributed by atoms with Crippen molar-refractivity contribution in [3.63, 3.8) is 0 Å². The van der Waals surface area contributed by atoms with Crippen molar-refractivity contribution < 1.29 is 0 Å². The van der Waals surface area contributed by atoms with Crippen molar-refractivity contribution in [3.05, 3.63) is 29.8 Å². The second-order valence-electron chi connectivity index (χ2n) is 5.80. The van der Waals surface area contributed by atoms with Gasteiger partial charge >= 0.3 is 0 Å². The second kappa shape index (κ2) is 6.38. The van der Waals surface area contributed by atoms with Crippen molar-refractivity contribution in [2.24, 2.45) is 17.6 Å². The molecule has 2 N–H and O–H groups in total. The molecule has 1 saturated heterocycles. The van der Waals surface area contributed by atoms with Crippen LogP contribution in [0.2, 0.25) is 0 Å². The van der Waals surface area contributed by atoms with Crippen LogP contribution < -0.4 is 10.6 Å². The van der Waals surface area contributed by atoms with Crippen molar-refractivity contribution in [2.45, 2.75) is 33.1 Å². The molecule has 0 radical (unpaired) electrons. The van der Waals surface area contributed by atoms with Crippen LogP contribution in [0, 0.1) is 11.8 Å². The van der Waals surface area contributed by atoms with E-state index in [1.807, 2.05) is 12.1 Å². The van der Waals surface area contributed by atoms with Crippen LogP contribution in [0.4, 0.5) is 5.69 Å². The molecule has 1 atom stereocenters. The summed E-state index contributed by atoms with van der Waals surface area (Å²) in [6.07, 6.45) is 3.86. The lowest BCUT2D eigenvalue weighted by Crippen LogP contribution is -2.27. The summed E-state index contributed by atoms with van der Waals surface area (Å²) < 4.78 is 0. The molecule has 1 fully saturated rings. The largest absolute Gasteiger partial charge is 0.389 e. The SMILES string of the molecule is CC(C)C1CCCN(c2ccccc2C(N)=S)CC1. The number of hydrogen-bond donors (Lipinski definition) is 1. The van der Waals surface area contributed by atoms with Crippen LogP contribution in [-0.2, 0) is 0 Å². The maximum atomic E-state index is 5.84. The molecular formula is C16H24N2S. The van der Waals surface area contributed by atoms with Crippen LogP contribution in [-0.4, -0.2) is 18.1 Å². The van der Waals surface area contributed by atoms with Crippen LogP contribution in [0.15, 0.2) is 24.3 Å². The number of para-hydroxylation sites is 1. The fourth-order valence-electron chi connectivity index (χ4n) is 2.99. The second-order valence-corrected chi connectivity index (χ2v) is 6.24. The summed E-state index contributed by atoms with van der Waals surface area (Å²) in [5.74, 6) is 1.63. The molecule has 0 saturated carbocycles. The molecule has 1 aliphatic rings. The average Bonchev–Trinajstić information content (AvgIpc) is 2.64. The lowest BCUT2D eigenvalue weighted by molar-refractivity contribution is 0.351. The van der Waals surface area contributed by atoms with Gasteiger partial charge in [0.25, 0.3) is 0 Å². The van der Waals surface area contributed by atoms with Gasteiger partial charge < -0.3 is 10.6 Å². The van der Waals surface area contributed by atoms with Gasteiger partial charge in [-0.25, -0.2) is 0 Å². The normalized spacial score (nSPS) is 20.4. The van der Waals surface area contributed by atoms with Gasteiger partial charge in [-0.15, -0.1) is 0 Å². The van der Waals surface area contributed by atoms with Crippen molar-refractivity contribution in [3.8, 4) is 0 Å². The van der Waals surface area contributed by atoms with Crippen LogP contribution in [0.3, 0.4) is 0 Å². The van der Waals surface area contributed by atoms with Gasteiger partial charge in [0.2, 0.25) is 0 Å². The number of thiocarbonyl (C=S) groups is 1. The summed E-state index contributed by atoms with van der Waals surface area (Å²) in [6.45, 7) is 6.90. The molecule has 0 bridgehead atoms. The lowest BCUT2D eigenvalue weighted by Gasteiger charge is -2.25. The van der Waals surface area contributed by atoms with E-state index in [0.717, 1.165) is 30.5 Å². The molecule has 1 aromatic rings. The molecule has 1 unspecified atom stereocenters. The third-order valence-electron chi connectivity index (χ3n) is 4.23. The number of benzene rings is 1. The summed E-state index contributed by atoms with van der Waals surface area (Å²) >= 11 is 5.17. The van der Waals surface area contributed by atoms with E-state index in [4.69, 9.17) is 18.0 Å². The molecule has 2 rings (SSSR count). The van der Waals surface area contributed by atoms with Gasteiger partial charge in [-0.05, 0) is 43.2 Å². The molecule has 1 aromatic carbocycles. The van der Waals surface area contributed by atoms with E-state index in [1.165, 1.54) is 24.9 Å². The van der Waals surface area contributed by atoms with E-state index < -0.39 is 0 Å². The highest BCUT2D eigenvalue weighted by Crippen LogP contribution is 2.28. The maximum Gasteiger partial charge on any atom is 0.106 e. The molecule has 3 heteroatoms. The molecular weight excluding hydrogens is 252 g/mol. The average molecular weight is 276 g/mol. The van der Waals surface area contributed by atoms with Crippen LogP contribution in [0.5, 0.6) is 0 Å². The number of hydrogen-bond acceptors (Lipinski definition) is 2. The Labute approximate surface area is 122 Å². The Balaban J connectivity index is 2.16. The standard InChI is InChI=1S/C16H24N2S/c1-12(2)13-6-5-10-18(11-9-13)15-8-4-3-7-14(15)16(17)19/h3-4,7-8,12-13H,5-6,9-11H2,1-2H3,(H2,17,19). The predicted octanol–water partition coefficient (Wildman–Crippen LogP) is 3.58. The zero-order chi connectivity index (χ0) is 13.8. The molecule has 104 valence electrons. The number of rotatable bonds is 3. The lowest BCUT2D eigenvalue weighted by atomic mass is 9.89. The van der Waals surface area contributed by atoms with E-state index >= 15 is 0 Å². The van der Waals surface area contributed by atoms with Crippen molar-refractivity contribution >= 4 is 22.9 Å². The molecule has 19 heavy (non-hydrogen) atoms. The summed E-state index contributed by atoms with van der Waals surface area (Å²) in [5, 5.41) is 0. The Morgan fingerprint density at radius 3 is 2.68 bits per heavy atom. The number of anilines is 1. The molecule has 2 nitrogen and oxygen atoms in total. The fourth-order valence-corrected chi connectivity index (χ4v) is 3.16. The van der Waals surface area contributed by atoms with Crippen LogP contribution >= 0.6 is 12.2 Å². The highest BCUT2D eigenvalue weighted by atomic mass is 32.1. The minimum atomic E-state index is 0.500. The number of nitrogens with two attached hydrogens (primary N) is 1. The minimum absolute atomic E-state index is 0.500. The van der Waals surface area contributed by atoms with E-state index in [0.29, 0.717) is 4.99 Å². The topological polar surface area (TPSA) is 29.3 Å². The van der Waals surface area contributed by atoms with Gasteiger partial charge in [0.1, 0.15) is 4.99 Å². The molecule has 1 heterocycles. The fraction of sp³-hybridized carbons (Fsp3) is 0.562. The third kappa shape index (κ3) is 3.47. The van der Waals surface area contributed by atoms with E-state index in [2.05, 4.69) is 30.9 Å². The van der Waals surface area contributed by atoms with Gasteiger partial charge in [-0.2, -0.15) is 0 Å². The summed E-state index contributed by atoms with van der Waals surface area (Å²) in [7, 11) is 0. The van der Waals surface area contributed by atoms with Crippen molar-refractivity contribution in [2.75, 3.05) is 18.0 Å². The van der Waals surface area contributed by atoms with Gasteiger partial charge in [-0.1, -0.05) is 38.2 Å². The highest BCUT2D eigenvalue weighted by Gasteiger charge is 2.21. The minimum Gasteiger partial charge on any atom is -0.389 e. The third-order valence-corrected chi connectivity index (χ3v) is 4.45. The summed E-state index contributed by atoms with van der Waals surface area (Å²) in [4.78, 5) is 2.96.